The molecule has 0 heterocycles. The van der Waals surface area contributed by atoms with Crippen LogP contribution in [0.5, 0.6) is 0 Å². The molecule has 108 valence electrons. The van der Waals surface area contributed by atoms with Crippen LogP contribution in [0.4, 0.5) is 0 Å². The Morgan fingerprint density at radius 3 is 2.11 bits per heavy atom. The van der Waals surface area contributed by atoms with E-state index in [4.69, 9.17) is 10.2 Å². The van der Waals surface area contributed by atoms with Gasteiger partial charge in [-0.1, -0.05) is 64.2 Å². The van der Waals surface area contributed by atoms with Gasteiger partial charge in [-0.25, -0.2) is 0 Å². The number of aliphatic hydroxyl groups is 2. The van der Waals surface area contributed by atoms with Crippen molar-refractivity contribution in [3.8, 4) is 0 Å². The normalized spacial score (nSPS) is 12.0. The van der Waals surface area contributed by atoms with E-state index in [1.807, 2.05) is 6.08 Å². The lowest BCUT2D eigenvalue weighted by molar-refractivity contribution is 0.208. The van der Waals surface area contributed by atoms with Gasteiger partial charge in [-0.15, -0.1) is 6.58 Å². The van der Waals surface area contributed by atoms with Gasteiger partial charge in [-0.3, -0.25) is 0 Å². The second-order valence-corrected chi connectivity index (χ2v) is 4.42. The molecule has 0 aromatic rings. The van der Waals surface area contributed by atoms with Crippen LogP contribution in [0.15, 0.2) is 24.8 Å². The lowest BCUT2D eigenvalue weighted by Gasteiger charge is -2.01. The third-order valence-corrected chi connectivity index (χ3v) is 2.56. The van der Waals surface area contributed by atoms with Crippen molar-refractivity contribution in [1.29, 1.82) is 0 Å². The van der Waals surface area contributed by atoms with Gasteiger partial charge >= 0.3 is 0 Å². The first kappa shape index (κ1) is 19.7. The summed E-state index contributed by atoms with van der Waals surface area (Å²) >= 11 is 0. The molecule has 0 aliphatic rings. The Labute approximate surface area is 113 Å². The summed E-state index contributed by atoms with van der Waals surface area (Å²) < 4.78 is 0. The molecule has 1 atom stereocenters. The quantitative estimate of drug-likeness (QED) is 0.453. The predicted octanol–water partition coefficient (Wildman–Crippen LogP) is 4.23. The van der Waals surface area contributed by atoms with Gasteiger partial charge in [0.2, 0.25) is 0 Å². The summed E-state index contributed by atoms with van der Waals surface area (Å²) in [6, 6.07) is 0. The molecule has 0 spiro atoms. The Morgan fingerprint density at radius 1 is 1.00 bits per heavy atom. The van der Waals surface area contributed by atoms with Crippen molar-refractivity contribution in [3.63, 3.8) is 0 Å². The zero-order valence-corrected chi connectivity index (χ0v) is 12.3. The standard InChI is InChI=1S/2C8H16O/c1-3-5-6-7-8(9)4-2;1-2-3-4-5-6-7-8-9/h4,8-9H,2-3,5-7H2,1H3;5-6,9H,2-4,7-8H2,1H3. The zero-order chi connectivity index (χ0) is 14.1. The zero-order valence-electron chi connectivity index (χ0n) is 12.3. The number of unbranched alkanes of at least 4 members (excludes halogenated alkanes) is 4. The van der Waals surface area contributed by atoms with Crippen LogP contribution in [0, 0.1) is 0 Å². The second kappa shape index (κ2) is 18.8. The fourth-order valence-corrected chi connectivity index (χ4v) is 1.35. The van der Waals surface area contributed by atoms with Crippen LogP contribution in [0.2, 0.25) is 0 Å². The summed E-state index contributed by atoms with van der Waals surface area (Å²) in [5, 5.41) is 17.3. The highest BCUT2D eigenvalue weighted by atomic mass is 16.3. The van der Waals surface area contributed by atoms with E-state index in [2.05, 4.69) is 26.5 Å². The minimum Gasteiger partial charge on any atom is -0.396 e. The summed E-state index contributed by atoms with van der Waals surface area (Å²) in [5.74, 6) is 0. The molecule has 2 heteroatoms. The maximum atomic E-state index is 8.97. The summed E-state index contributed by atoms with van der Waals surface area (Å²) in [4.78, 5) is 0. The molecule has 0 aliphatic heterocycles. The van der Waals surface area contributed by atoms with Crippen molar-refractivity contribution in [2.75, 3.05) is 6.61 Å². The average molecular weight is 256 g/mol. The van der Waals surface area contributed by atoms with Gasteiger partial charge in [0.25, 0.3) is 0 Å². The highest BCUT2D eigenvalue weighted by molar-refractivity contribution is 4.80. The Balaban J connectivity index is 0. The van der Waals surface area contributed by atoms with Crippen molar-refractivity contribution in [2.45, 2.75) is 71.3 Å². The van der Waals surface area contributed by atoms with Crippen LogP contribution < -0.4 is 0 Å². The Morgan fingerprint density at radius 2 is 1.61 bits per heavy atom. The monoisotopic (exact) mass is 256 g/mol. The lowest BCUT2D eigenvalue weighted by Crippen LogP contribution is -1.99. The van der Waals surface area contributed by atoms with Crippen LogP contribution in [0.25, 0.3) is 0 Å². The predicted molar refractivity (Wildman–Crippen MR) is 80.7 cm³/mol. The van der Waals surface area contributed by atoms with E-state index in [9.17, 15) is 0 Å². The van der Waals surface area contributed by atoms with Gasteiger partial charge in [0, 0.05) is 6.61 Å². The van der Waals surface area contributed by atoms with Gasteiger partial charge < -0.3 is 10.2 Å². The third kappa shape index (κ3) is 20.8. The molecular weight excluding hydrogens is 224 g/mol. The van der Waals surface area contributed by atoms with Crippen molar-refractivity contribution in [3.05, 3.63) is 24.8 Å². The van der Waals surface area contributed by atoms with Gasteiger partial charge in [0.05, 0.1) is 6.10 Å². The molecule has 0 amide bonds. The van der Waals surface area contributed by atoms with Crippen LogP contribution in [0.1, 0.15) is 65.2 Å². The van der Waals surface area contributed by atoms with Crippen molar-refractivity contribution < 1.29 is 10.2 Å². The van der Waals surface area contributed by atoms with E-state index in [1.54, 1.807) is 6.08 Å². The SMILES string of the molecule is C=CC(O)CCCCC.CCCCC=CCCO. The molecule has 0 saturated heterocycles. The molecule has 0 aliphatic carbocycles. The number of allylic oxidation sites excluding steroid dienone is 1. The minimum atomic E-state index is -0.281. The van der Waals surface area contributed by atoms with E-state index in [0.29, 0.717) is 0 Å². The Bertz CT molecular complexity index is 176. The van der Waals surface area contributed by atoms with E-state index in [0.717, 1.165) is 25.7 Å². The van der Waals surface area contributed by atoms with Gasteiger partial charge in [-0.05, 0) is 19.3 Å². The molecule has 0 aromatic heterocycles. The minimum absolute atomic E-state index is 0.280. The largest absolute Gasteiger partial charge is 0.396 e. The van der Waals surface area contributed by atoms with Crippen molar-refractivity contribution in [2.24, 2.45) is 0 Å². The fourth-order valence-electron chi connectivity index (χ4n) is 1.35. The van der Waals surface area contributed by atoms with Crippen molar-refractivity contribution >= 4 is 0 Å². The smallest absolute Gasteiger partial charge is 0.0718 e. The molecule has 2 N–H and O–H groups in total. The number of hydrogen-bond donors (Lipinski definition) is 2. The van der Waals surface area contributed by atoms with E-state index < -0.39 is 0 Å². The van der Waals surface area contributed by atoms with Gasteiger partial charge in [0.1, 0.15) is 0 Å². The number of aliphatic hydroxyl groups excluding tert-OH is 2. The second-order valence-electron chi connectivity index (χ2n) is 4.42. The van der Waals surface area contributed by atoms with E-state index >= 15 is 0 Å². The molecule has 0 radical (unpaired) electrons. The lowest BCUT2D eigenvalue weighted by atomic mass is 10.1. The van der Waals surface area contributed by atoms with Crippen LogP contribution in [-0.4, -0.2) is 22.9 Å². The van der Waals surface area contributed by atoms with Crippen LogP contribution >= 0.6 is 0 Å². The van der Waals surface area contributed by atoms with Crippen LogP contribution in [-0.2, 0) is 0 Å². The number of rotatable bonds is 10. The van der Waals surface area contributed by atoms with E-state index in [-0.39, 0.29) is 12.7 Å². The molecule has 2 nitrogen and oxygen atoms in total. The Kier molecular flexibility index (Phi) is 20.6. The first-order valence-corrected chi connectivity index (χ1v) is 7.29. The van der Waals surface area contributed by atoms with Crippen molar-refractivity contribution in [1.82, 2.24) is 0 Å². The first-order chi connectivity index (χ1) is 8.72. The molecule has 0 rings (SSSR count). The molecular formula is C16H32O2. The summed E-state index contributed by atoms with van der Waals surface area (Å²) in [5.41, 5.74) is 0. The summed E-state index contributed by atoms with van der Waals surface area (Å²) in [7, 11) is 0. The fraction of sp³-hybridized carbons (Fsp3) is 0.750. The highest BCUT2D eigenvalue weighted by Crippen LogP contribution is 2.02. The van der Waals surface area contributed by atoms with Gasteiger partial charge in [-0.2, -0.15) is 0 Å². The van der Waals surface area contributed by atoms with Gasteiger partial charge in [0.15, 0.2) is 0 Å². The van der Waals surface area contributed by atoms with Crippen LogP contribution in [0.3, 0.4) is 0 Å². The molecule has 0 saturated carbocycles. The summed E-state index contributed by atoms with van der Waals surface area (Å²) in [6.07, 6.45) is 14.4. The molecule has 0 bridgehead atoms. The molecule has 1 unspecified atom stereocenters. The first-order valence-electron chi connectivity index (χ1n) is 7.29. The molecule has 0 aromatic carbocycles. The maximum absolute atomic E-state index is 8.97. The topological polar surface area (TPSA) is 40.5 Å². The highest BCUT2D eigenvalue weighted by Gasteiger charge is 1.94. The summed E-state index contributed by atoms with van der Waals surface area (Å²) in [6.45, 7) is 8.10. The third-order valence-electron chi connectivity index (χ3n) is 2.56. The average Bonchev–Trinajstić information content (AvgIpc) is 2.39. The Hall–Kier alpha value is -0.600. The maximum Gasteiger partial charge on any atom is 0.0718 e. The number of hydrogen-bond acceptors (Lipinski definition) is 2. The molecule has 0 fully saturated rings. The van der Waals surface area contributed by atoms with E-state index in [1.165, 1.54) is 25.7 Å². The molecule has 18 heavy (non-hydrogen) atoms.